The van der Waals surface area contributed by atoms with Crippen LogP contribution in [0.3, 0.4) is 0 Å². The summed E-state index contributed by atoms with van der Waals surface area (Å²) < 4.78 is 62.1. The molecule has 10 heteroatoms. The van der Waals surface area contributed by atoms with Crippen molar-refractivity contribution in [3.8, 4) is 0 Å². The van der Waals surface area contributed by atoms with Gasteiger partial charge in [-0.2, -0.15) is 21.6 Å². The molecule has 1 aliphatic carbocycles. The van der Waals surface area contributed by atoms with Gasteiger partial charge < -0.3 is 5.73 Å². The van der Waals surface area contributed by atoms with Gasteiger partial charge in [-0.15, -0.1) is 0 Å². The van der Waals surface area contributed by atoms with Gasteiger partial charge in [-0.3, -0.25) is 9.52 Å². The van der Waals surface area contributed by atoms with Crippen molar-refractivity contribution >= 4 is 33.2 Å². The maximum absolute atomic E-state index is 12.6. The van der Waals surface area contributed by atoms with Crippen LogP contribution in [-0.2, 0) is 16.4 Å². The highest BCUT2D eigenvalue weighted by molar-refractivity contribution is 7.93. The van der Waals surface area contributed by atoms with Crippen LogP contribution in [0.25, 0.3) is 0 Å². The number of hydrogen-bond acceptors (Lipinski definition) is 3. The third-order valence-electron chi connectivity index (χ3n) is 4.43. The molecule has 5 nitrogen and oxygen atoms in total. The van der Waals surface area contributed by atoms with Crippen LogP contribution in [0.15, 0.2) is 36.4 Å². The Morgan fingerprint density at radius 3 is 2.48 bits per heavy atom. The molecule has 0 bridgehead atoms. The molecule has 27 heavy (non-hydrogen) atoms. The maximum atomic E-state index is 12.6. The summed E-state index contributed by atoms with van der Waals surface area (Å²) in [4.78, 5) is 11.8. The third kappa shape index (κ3) is 3.74. The van der Waals surface area contributed by atoms with Crippen molar-refractivity contribution in [1.29, 1.82) is 0 Å². The molecule has 2 aromatic carbocycles. The summed E-state index contributed by atoms with van der Waals surface area (Å²) in [7, 11) is -5.57. The number of amides is 1. The summed E-state index contributed by atoms with van der Waals surface area (Å²) in [5.41, 5.74) is 1.97. The van der Waals surface area contributed by atoms with Crippen LogP contribution >= 0.6 is 11.6 Å². The standard InChI is InChI=1S/C17H14ClF3N2O3S/c18-10-2-5-12-9(7-10)1-4-13(12)15-8-11(3-6-14(15)16(22)24)23-27(25,26)17(19,20)21/h2-3,5-8,13,23H,1,4H2,(H2,22,24)/t13-/m0/s1. The highest BCUT2D eigenvalue weighted by Crippen LogP contribution is 2.41. The van der Waals surface area contributed by atoms with Gasteiger partial charge >= 0.3 is 15.5 Å². The molecular formula is C17H14ClF3N2O3S. The third-order valence-corrected chi connectivity index (χ3v) is 5.78. The van der Waals surface area contributed by atoms with E-state index in [4.69, 9.17) is 17.3 Å². The molecule has 1 atom stereocenters. The molecular weight excluding hydrogens is 405 g/mol. The van der Waals surface area contributed by atoms with E-state index in [9.17, 15) is 26.4 Å². The van der Waals surface area contributed by atoms with Gasteiger partial charge in [-0.1, -0.05) is 17.7 Å². The van der Waals surface area contributed by atoms with E-state index in [0.717, 1.165) is 17.2 Å². The molecule has 0 saturated heterocycles. The smallest absolute Gasteiger partial charge is 0.366 e. The van der Waals surface area contributed by atoms with Crippen molar-refractivity contribution in [2.24, 2.45) is 5.73 Å². The summed E-state index contributed by atoms with van der Waals surface area (Å²) in [6, 6.07) is 8.77. The topological polar surface area (TPSA) is 89.3 Å². The summed E-state index contributed by atoms with van der Waals surface area (Å²) in [6.07, 6.45) is 1.25. The van der Waals surface area contributed by atoms with Crippen LogP contribution in [0.2, 0.25) is 5.02 Å². The molecule has 3 N–H and O–H groups in total. The average molecular weight is 419 g/mol. The Morgan fingerprint density at radius 2 is 1.85 bits per heavy atom. The highest BCUT2D eigenvalue weighted by atomic mass is 35.5. The van der Waals surface area contributed by atoms with Crippen LogP contribution < -0.4 is 10.5 Å². The Balaban J connectivity index is 2.06. The van der Waals surface area contributed by atoms with Crippen LogP contribution in [0.5, 0.6) is 0 Å². The van der Waals surface area contributed by atoms with E-state index in [-0.39, 0.29) is 17.2 Å². The van der Waals surface area contributed by atoms with Crippen LogP contribution in [-0.4, -0.2) is 19.8 Å². The molecule has 0 aromatic heterocycles. The lowest BCUT2D eigenvalue weighted by atomic mass is 9.89. The Hall–Kier alpha value is -2.26. The Labute approximate surface area is 158 Å². The minimum Gasteiger partial charge on any atom is -0.366 e. The fraction of sp³-hybridized carbons (Fsp3) is 0.235. The number of rotatable bonds is 4. The molecule has 0 radical (unpaired) electrons. The largest absolute Gasteiger partial charge is 0.516 e. The first-order valence-electron chi connectivity index (χ1n) is 7.81. The van der Waals surface area contributed by atoms with Gasteiger partial charge in [0.25, 0.3) is 0 Å². The van der Waals surface area contributed by atoms with Crippen molar-refractivity contribution < 1.29 is 26.4 Å². The Bertz CT molecular complexity index is 1020. The summed E-state index contributed by atoms with van der Waals surface area (Å²) >= 11 is 5.98. The molecule has 1 aliphatic rings. The molecule has 3 rings (SSSR count). The second-order valence-electron chi connectivity index (χ2n) is 6.15. The van der Waals surface area contributed by atoms with E-state index in [1.807, 2.05) is 0 Å². The fourth-order valence-electron chi connectivity index (χ4n) is 3.26. The van der Waals surface area contributed by atoms with E-state index >= 15 is 0 Å². The number of carbonyl (C=O) groups is 1. The first-order chi connectivity index (χ1) is 12.5. The Morgan fingerprint density at radius 1 is 1.15 bits per heavy atom. The quantitative estimate of drug-likeness (QED) is 0.791. The number of benzene rings is 2. The fourth-order valence-corrected chi connectivity index (χ4v) is 4.01. The molecule has 0 aliphatic heterocycles. The molecule has 0 heterocycles. The molecule has 0 saturated carbocycles. The molecule has 0 unspecified atom stereocenters. The first-order valence-corrected chi connectivity index (χ1v) is 9.67. The lowest BCUT2D eigenvalue weighted by Gasteiger charge is -2.18. The van der Waals surface area contributed by atoms with Crippen LogP contribution in [0, 0.1) is 0 Å². The molecule has 0 spiro atoms. The molecule has 1 amide bonds. The van der Waals surface area contributed by atoms with Crippen molar-refractivity contribution in [2.75, 3.05) is 4.72 Å². The monoisotopic (exact) mass is 418 g/mol. The SMILES string of the molecule is NC(=O)c1ccc(NS(=O)(=O)C(F)(F)F)cc1[C@H]1CCc2cc(Cl)ccc21. The number of primary amides is 1. The average Bonchev–Trinajstić information content (AvgIpc) is 2.95. The van der Waals surface area contributed by atoms with E-state index < -0.39 is 21.4 Å². The number of nitrogens with one attached hydrogen (secondary N) is 1. The van der Waals surface area contributed by atoms with Crippen molar-refractivity contribution in [3.05, 3.63) is 63.7 Å². The summed E-state index contributed by atoms with van der Waals surface area (Å²) in [5, 5.41) is 0.552. The normalized spacial score (nSPS) is 16.8. The van der Waals surface area contributed by atoms with E-state index in [2.05, 4.69) is 0 Å². The first kappa shape index (κ1) is 19.5. The summed E-state index contributed by atoms with van der Waals surface area (Å²) in [5.74, 6) is -1.06. The second kappa shape index (κ2) is 6.72. The minimum atomic E-state index is -5.57. The van der Waals surface area contributed by atoms with Crippen molar-refractivity contribution in [3.63, 3.8) is 0 Å². The van der Waals surface area contributed by atoms with Gasteiger partial charge in [0, 0.05) is 22.2 Å². The number of nitrogens with two attached hydrogens (primary N) is 1. The minimum absolute atomic E-state index is 0.123. The van der Waals surface area contributed by atoms with E-state index in [1.54, 1.807) is 18.2 Å². The van der Waals surface area contributed by atoms with Gasteiger partial charge in [0.2, 0.25) is 5.91 Å². The second-order valence-corrected chi connectivity index (χ2v) is 8.26. The highest BCUT2D eigenvalue weighted by Gasteiger charge is 2.46. The lowest BCUT2D eigenvalue weighted by Crippen LogP contribution is -2.30. The van der Waals surface area contributed by atoms with Crippen LogP contribution in [0.4, 0.5) is 18.9 Å². The zero-order chi connectivity index (χ0) is 20.0. The van der Waals surface area contributed by atoms with Gasteiger partial charge in [0.05, 0.1) is 0 Å². The van der Waals surface area contributed by atoms with Gasteiger partial charge in [0.1, 0.15) is 0 Å². The Kier molecular flexibility index (Phi) is 4.85. The zero-order valence-corrected chi connectivity index (χ0v) is 15.3. The van der Waals surface area contributed by atoms with Crippen LogP contribution in [0.1, 0.15) is 39.4 Å². The molecule has 0 fully saturated rings. The molecule has 144 valence electrons. The predicted octanol–water partition coefficient (Wildman–Crippen LogP) is 3.78. The van der Waals surface area contributed by atoms with E-state index in [1.165, 1.54) is 16.9 Å². The maximum Gasteiger partial charge on any atom is 0.516 e. The van der Waals surface area contributed by atoms with Crippen molar-refractivity contribution in [1.82, 2.24) is 0 Å². The van der Waals surface area contributed by atoms with Gasteiger partial charge in [-0.25, -0.2) is 0 Å². The number of hydrogen-bond donors (Lipinski definition) is 2. The number of fused-ring (bicyclic) bond motifs is 1. The number of carbonyl (C=O) groups excluding carboxylic acids is 1. The van der Waals surface area contributed by atoms with E-state index in [0.29, 0.717) is 23.4 Å². The molecule has 2 aromatic rings. The zero-order valence-electron chi connectivity index (χ0n) is 13.7. The van der Waals surface area contributed by atoms with Crippen molar-refractivity contribution in [2.45, 2.75) is 24.3 Å². The number of alkyl halides is 3. The number of anilines is 1. The number of halogens is 4. The number of sulfonamides is 1. The predicted molar refractivity (Wildman–Crippen MR) is 95.2 cm³/mol. The lowest BCUT2D eigenvalue weighted by molar-refractivity contribution is -0.0429. The summed E-state index contributed by atoms with van der Waals surface area (Å²) in [6.45, 7) is 0. The van der Waals surface area contributed by atoms with Gasteiger partial charge in [-0.05, 0) is 59.9 Å². The van der Waals surface area contributed by atoms with Gasteiger partial charge in [0.15, 0.2) is 0 Å². The number of aryl methyl sites for hydroxylation is 1.